The molecule has 0 aromatic heterocycles. The van der Waals surface area contributed by atoms with E-state index in [2.05, 4.69) is 15.5 Å². The van der Waals surface area contributed by atoms with Crippen LogP contribution in [0.5, 0.6) is 0 Å². The summed E-state index contributed by atoms with van der Waals surface area (Å²) >= 11 is 6.00. The maximum absolute atomic E-state index is 11.9. The van der Waals surface area contributed by atoms with Crippen molar-refractivity contribution in [2.24, 2.45) is 0 Å². The van der Waals surface area contributed by atoms with Crippen LogP contribution in [-0.2, 0) is 0 Å². The first kappa shape index (κ1) is 15.9. The second kappa shape index (κ2) is 7.52. The van der Waals surface area contributed by atoms with Gasteiger partial charge in [0, 0.05) is 29.8 Å². The lowest BCUT2D eigenvalue weighted by Crippen LogP contribution is -2.48. The van der Waals surface area contributed by atoms with Crippen LogP contribution in [0.4, 0.5) is 10.5 Å². The average molecular weight is 312 g/mol. The van der Waals surface area contributed by atoms with Crippen LogP contribution in [0.25, 0.3) is 0 Å². The Bertz CT molecular complexity index is 480. The van der Waals surface area contributed by atoms with Crippen LogP contribution in [-0.4, -0.2) is 42.9 Å². The zero-order valence-electron chi connectivity index (χ0n) is 12.2. The van der Waals surface area contributed by atoms with Crippen molar-refractivity contribution < 1.29 is 9.90 Å². The Morgan fingerprint density at radius 2 is 2.38 bits per heavy atom. The zero-order valence-corrected chi connectivity index (χ0v) is 12.9. The third kappa shape index (κ3) is 4.51. The Morgan fingerprint density at radius 1 is 1.57 bits per heavy atom. The molecule has 1 aromatic carbocycles. The van der Waals surface area contributed by atoms with Crippen LogP contribution in [0.2, 0.25) is 5.02 Å². The molecule has 0 saturated carbocycles. The minimum absolute atomic E-state index is 0.0385. The maximum Gasteiger partial charge on any atom is 0.315 e. The molecular weight excluding hydrogens is 290 g/mol. The number of benzene rings is 1. The number of hydrogen-bond acceptors (Lipinski definition) is 3. The first-order chi connectivity index (χ1) is 10.1. The number of nitrogens with one attached hydrogen (secondary N) is 2. The van der Waals surface area contributed by atoms with Crippen LogP contribution >= 0.6 is 11.6 Å². The van der Waals surface area contributed by atoms with E-state index in [1.54, 1.807) is 0 Å². The van der Waals surface area contributed by atoms with Crippen molar-refractivity contribution in [1.82, 2.24) is 10.6 Å². The van der Waals surface area contributed by atoms with Gasteiger partial charge in [-0.05, 0) is 31.0 Å². The van der Waals surface area contributed by atoms with Crippen LogP contribution in [0.15, 0.2) is 24.3 Å². The summed E-state index contributed by atoms with van der Waals surface area (Å²) in [5, 5.41) is 15.5. The van der Waals surface area contributed by atoms with Gasteiger partial charge in [-0.3, -0.25) is 0 Å². The highest BCUT2D eigenvalue weighted by atomic mass is 35.5. The molecule has 5 nitrogen and oxygen atoms in total. The molecule has 1 fully saturated rings. The number of aliphatic hydroxyl groups excluding tert-OH is 1. The molecule has 1 heterocycles. The highest BCUT2D eigenvalue weighted by molar-refractivity contribution is 6.30. The molecule has 21 heavy (non-hydrogen) atoms. The summed E-state index contributed by atoms with van der Waals surface area (Å²) in [7, 11) is 0. The fourth-order valence-electron chi connectivity index (χ4n) is 2.47. The summed E-state index contributed by atoms with van der Waals surface area (Å²) < 4.78 is 0. The van der Waals surface area contributed by atoms with E-state index in [1.165, 1.54) is 0 Å². The molecule has 0 unspecified atom stereocenters. The molecule has 2 rings (SSSR count). The number of hydrogen-bond donors (Lipinski definition) is 3. The summed E-state index contributed by atoms with van der Waals surface area (Å²) in [6, 6.07) is 7.45. The van der Waals surface area contributed by atoms with E-state index in [-0.39, 0.29) is 24.7 Å². The molecule has 1 aliphatic heterocycles. The summed E-state index contributed by atoms with van der Waals surface area (Å²) in [6.45, 7) is 3.55. The van der Waals surface area contributed by atoms with E-state index >= 15 is 0 Å². The molecule has 0 spiro atoms. The number of amides is 2. The second-order valence-electron chi connectivity index (χ2n) is 5.32. The molecular formula is C15H22ClN3O2. The van der Waals surface area contributed by atoms with Gasteiger partial charge in [-0.25, -0.2) is 4.79 Å². The van der Waals surface area contributed by atoms with E-state index in [0.717, 1.165) is 30.2 Å². The average Bonchev–Trinajstić information content (AvgIpc) is 2.93. The lowest BCUT2D eigenvalue weighted by atomic mass is 10.2. The highest BCUT2D eigenvalue weighted by Crippen LogP contribution is 2.23. The molecule has 0 bridgehead atoms. The third-order valence-electron chi connectivity index (χ3n) is 3.75. The highest BCUT2D eigenvalue weighted by Gasteiger charge is 2.24. The molecule has 6 heteroatoms. The van der Waals surface area contributed by atoms with Gasteiger partial charge in [-0.15, -0.1) is 0 Å². The molecule has 2 amide bonds. The molecule has 2 atom stereocenters. The molecule has 3 N–H and O–H groups in total. The van der Waals surface area contributed by atoms with Crippen LogP contribution in [0.3, 0.4) is 0 Å². The number of halogens is 1. The molecule has 116 valence electrons. The number of anilines is 1. The van der Waals surface area contributed by atoms with E-state index in [0.29, 0.717) is 6.42 Å². The van der Waals surface area contributed by atoms with Gasteiger partial charge in [0.25, 0.3) is 0 Å². The van der Waals surface area contributed by atoms with Crippen molar-refractivity contribution in [1.29, 1.82) is 0 Å². The largest absolute Gasteiger partial charge is 0.394 e. The number of carbonyl (C=O) groups excluding carboxylic acids is 1. The van der Waals surface area contributed by atoms with E-state index < -0.39 is 0 Å². The maximum atomic E-state index is 11.9. The number of urea groups is 1. The van der Waals surface area contributed by atoms with Crippen molar-refractivity contribution in [2.45, 2.75) is 31.8 Å². The first-order valence-corrected chi connectivity index (χ1v) is 7.68. The Balaban J connectivity index is 1.84. The minimum atomic E-state index is -0.214. The summed E-state index contributed by atoms with van der Waals surface area (Å²) in [6.07, 6.45) is 1.61. The van der Waals surface area contributed by atoms with Gasteiger partial charge in [0.15, 0.2) is 0 Å². The summed E-state index contributed by atoms with van der Waals surface area (Å²) in [4.78, 5) is 14.1. The lowest BCUT2D eigenvalue weighted by Gasteiger charge is -2.20. The van der Waals surface area contributed by atoms with Gasteiger partial charge in [0.2, 0.25) is 0 Å². The topological polar surface area (TPSA) is 64.6 Å². The normalized spacial score (nSPS) is 19.4. The molecule has 1 aliphatic rings. The lowest BCUT2D eigenvalue weighted by molar-refractivity contribution is 0.212. The summed E-state index contributed by atoms with van der Waals surface area (Å²) in [5.74, 6) is 0. The van der Waals surface area contributed by atoms with Gasteiger partial charge in [0.1, 0.15) is 0 Å². The van der Waals surface area contributed by atoms with Crippen LogP contribution in [0, 0.1) is 0 Å². The van der Waals surface area contributed by atoms with Gasteiger partial charge < -0.3 is 20.6 Å². The second-order valence-corrected chi connectivity index (χ2v) is 5.75. The van der Waals surface area contributed by atoms with Crippen LogP contribution in [0.1, 0.15) is 19.8 Å². The quantitative estimate of drug-likeness (QED) is 0.779. The SMILES string of the molecule is CC[C@@H](CO)NC(=O)N[C@@H]1CCN(c2cccc(Cl)c2)C1. The monoisotopic (exact) mass is 311 g/mol. The Labute approximate surface area is 130 Å². The Morgan fingerprint density at radius 3 is 3.05 bits per heavy atom. The number of nitrogens with zero attached hydrogens (tertiary/aromatic N) is 1. The standard InChI is InChI=1S/C15H22ClN3O2/c1-2-12(10-20)17-15(21)18-13-6-7-19(9-13)14-5-3-4-11(16)8-14/h3-5,8,12-13,20H,2,6-7,9-10H2,1H3,(H2,17,18,21)/t12-,13+/m0/s1. The molecule has 0 radical (unpaired) electrons. The Kier molecular flexibility index (Phi) is 5.70. The molecule has 1 aromatic rings. The van der Waals surface area contributed by atoms with E-state index in [4.69, 9.17) is 16.7 Å². The van der Waals surface area contributed by atoms with Crippen molar-refractivity contribution >= 4 is 23.3 Å². The third-order valence-corrected chi connectivity index (χ3v) is 3.98. The van der Waals surface area contributed by atoms with Crippen molar-refractivity contribution in [3.63, 3.8) is 0 Å². The van der Waals surface area contributed by atoms with E-state index in [1.807, 2.05) is 31.2 Å². The van der Waals surface area contributed by atoms with Crippen molar-refractivity contribution in [2.75, 3.05) is 24.6 Å². The first-order valence-electron chi connectivity index (χ1n) is 7.30. The Hall–Kier alpha value is -1.46. The predicted octanol–water partition coefficient (Wildman–Crippen LogP) is 1.99. The summed E-state index contributed by atoms with van der Waals surface area (Å²) in [5.41, 5.74) is 1.08. The number of carbonyl (C=O) groups is 1. The van der Waals surface area contributed by atoms with Crippen LogP contribution < -0.4 is 15.5 Å². The smallest absolute Gasteiger partial charge is 0.315 e. The van der Waals surface area contributed by atoms with Gasteiger partial charge in [-0.2, -0.15) is 0 Å². The van der Waals surface area contributed by atoms with Gasteiger partial charge >= 0.3 is 6.03 Å². The molecule has 1 saturated heterocycles. The van der Waals surface area contributed by atoms with Gasteiger partial charge in [-0.1, -0.05) is 24.6 Å². The van der Waals surface area contributed by atoms with Gasteiger partial charge in [0.05, 0.1) is 12.6 Å². The van der Waals surface area contributed by atoms with E-state index in [9.17, 15) is 4.79 Å². The van der Waals surface area contributed by atoms with Crippen molar-refractivity contribution in [3.05, 3.63) is 29.3 Å². The fraction of sp³-hybridized carbons (Fsp3) is 0.533. The number of aliphatic hydroxyl groups is 1. The fourth-order valence-corrected chi connectivity index (χ4v) is 2.66. The predicted molar refractivity (Wildman–Crippen MR) is 84.9 cm³/mol. The van der Waals surface area contributed by atoms with Crippen molar-refractivity contribution in [3.8, 4) is 0 Å². The number of rotatable bonds is 5. The molecule has 0 aliphatic carbocycles. The minimum Gasteiger partial charge on any atom is -0.394 e. The zero-order chi connectivity index (χ0) is 15.2.